The second kappa shape index (κ2) is 6.29. The molecule has 0 fully saturated rings. The third-order valence-corrected chi connectivity index (χ3v) is 5.48. The molecule has 1 atom stereocenters. The fourth-order valence-corrected chi connectivity index (χ4v) is 3.91. The van der Waals surface area contributed by atoms with Gasteiger partial charge in [-0.15, -0.1) is 0 Å². The van der Waals surface area contributed by atoms with Crippen molar-refractivity contribution in [1.29, 1.82) is 0 Å². The maximum Gasteiger partial charge on any atom is 0.0486 e. The van der Waals surface area contributed by atoms with Gasteiger partial charge in [0, 0.05) is 48.8 Å². The van der Waals surface area contributed by atoms with Crippen molar-refractivity contribution >= 4 is 10.9 Å². The van der Waals surface area contributed by atoms with E-state index in [4.69, 9.17) is 0 Å². The number of nitrogens with one attached hydrogen (secondary N) is 1. The van der Waals surface area contributed by atoms with E-state index >= 15 is 0 Å². The third kappa shape index (κ3) is 2.92. The Morgan fingerprint density at radius 2 is 1.78 bits per heavy atom. The van der Waals surface area contributed by atoms with Gasteiger partial charge in [0.1, 0.15) is 0 Å². The van der Waals surface area contributed by atoms with Crippen molar-refractivity contribution in [2.24, 2.45) is 7.05 Å². The van der Waals surface area contributed by atoms with Gasteiger partial charge in [0.2, 0.25) is 0 Å². The van der Waals surface area contributed by atoms with Gasteiger partial charge in [-0.05, 0) is 69.5 Å². The number of aryl methyl sites for hydroxylation is 1. The minimum Gasteiger partial charge on any atom is -0.348 e. The molecule has 23 heavy (non-hydrogen) atoms. The van der Waals surface area contributed by atoms with Crippen LogP contribution < -0.4 is 5.32 Å². The van der Waals surface area contributed by atoms with E-state index in [2.05, 4.69) is 68.6 Å². The number of hydrogen-bond donors (Lipinski definition) is 1. The molecular weight excluding hydrogens is 282 g/mol. The Morgan fingerprint density at radius 1 is 1.13 bits per heavy atom. The van der Waals surface area contributed by atoms with E-state index in [1.54, 1.807) is 0 Å². The van der Waals surface area contributed by atoms with Crippen LogP contribution in [-0.4, -0.2) is 28.1 Å². The van der Waals surface area contributed by atoms with Gasteiger partial charge in [-0.2, -0.15) is 0 Å². The van der Waals surface area contributed by atoms with Crippen molar-refractivity contribution < 1.29 is 0 Å². The molecule has 0 spiro atoms. The van der Waals surface area contributed by atoms with Crippen LogP contribution in [0.15, 0.2) is 12.1 Å². The summed E-state index contributed by atoms with van der Waals surface area (Å²) in [5.74, 6) is 0. The molecule has 1 aromatic carbocycles. The summed E-state index contributed by atoms with van der Waals surface area (Å²) >= 11 is 0. The summed E-state index contributed by atoms with van der Waals surface area (Å²) in [4.78, 5) is 2.55. The van der Waals surface area contributed by atoms with Gasteiger partial charge in [0.25, 0.3) is 0 Å². The number of hydrogen-bond acceptors (Lipinski definition) is 2. The van der Waals surface area contributed by atoms with Crippen molar-refractivity contribution in [3.63, 3.8) is 0 Å². The van der Waals surface area contributed by atoms with Crippen molar-refractivity contribution in [1.82, 2.24) is 14.8 Å². The maximum atomic E-state index is 3.55. The molecule has 3 nitrogen and oxygen atoms in total. The average Bonchev–Trinajstić information content (AvgIpc) is 3.01. The second-order valence-corrected chi connectivity index (χ2v) is 7.42. The lowest BCUT2D eigenvalue weighted by Crippen LogP contribution is -2.27. The minimum absolute atomic E-state index is 0.518. The quantitative estimate of drug-likeness (QED) is 0.907. The summed E-state index contributed by atoms with van der Waals surface area (Å²) < 4.78 is 2.38. The summed E-state index contributed by atoms with van der Waals surface area (Å²) in [5, 5.41) is 5.01. The average molecular weight is 313 g/mol. The van der Waals surface area contributed by atoms with Crippen LogP contribution in [0.4, 0.5) is 0 Å². The molecule has 1 aliphatic heterocycles. The number of nitrogens with zero attached hydrogens (tertiary/aromatic N) is 2. The molecule has 2 aromatic rings. The highest BCUT2D eigenvalue weighted by Gasteiger charge is 2.24. The highest BCUT2D eigenvalue weighted by Crippen LogP contribution is 2.33. The molecule has 0 radical (unpaired) electrons. The number of aromatic nitrogens is 1. The molecule has 3 heteroatoms. The lowest BCUT2D eigenvalue weighted by molar-refractivity contribution is 0.227. The molecule has 0 bridgehead atoms. The van der Waals surface area contributed by atoms with Gasteiger partial charge in [0.05, 0.1) is 0 Å². The molecule has 1 aromatic heterocycles. The molecule has 2 heterocycles. The summed E-state index contributed by atoms with van der Waals surface area (Å²) in [6, 6.07) is 6.03. The van der Waals surface area contributed by atoms with Crippen LogP contribution >= 0.6 is 0 Å². The molecule has 3 rings (SSSR count). The van der Waals surface area contributed by atoms with Gasteiger partial charge in [-0.3, -0.25) is 4.90 Å². The Hall–Kier alpha value is -1.32. The summed E-state index contributed by atoms with van der Waals surface area (Å²) in [6.45, 7) is 14.5. The first kappa shape index (κ1) is 16.5. The van der Waals surface area contributed by atoms with E-state index in [-0.39, 0.29) is 0 Å². The van der Waals surface area contributed by atoms with Crippen LogP contribution in [0.3, 0.4) is 0 Å². The summed E-state index contributed by atoms with van der Waals surface area (Å²) in [7, 11) is 2.21. The van der Waals surface area contributed by atoms with Crippen molar-refractivity contribution in [3.05, 3.63) is 34.5 Å². The summed E-state index contributed by atoms with van der Waals surface area (Å²) in [5.41, 5.74) is 7.36. The van der Waals surface area contributed by atoms with Crippen LogP contribution in [-0.2, 0) is 26.6 Å². The second-order valence-electron chi connectivity index (χ2n) is 7.42. The van der Waals surface area contributed by atoms with E-state index in [1.807, 2.05) is 0 Å². The van der Waals surface area contributed by atoms with Crippen molar-refractivity contribution in [2.45, 2.75) is 66.2 Å². The Kier molecular flexibility index (Phi) is 4.52. The fourth-order valence-electron chi connectivity index (χ4n) is 3.91. The molecule has 0 aliphatic carbocycles. The summed E-state index contributed by atoms with van der Waals surface area (Å²) in [6.07, 6.45) is 1.10. The van der Waals surface area contributed by atoms with Gasteiger partial charge < -0.3 is 9.88 Å². The van der Waals surface area contributed by atoms with E-state index in [1.165, 1.54) is 33.3 Å². The first-order valence-electron chi connectivity index (χ1n) is 8.99. The molecule has 126 valence electrons. The fraction of sp³-hybridized carbons (Fsp3) is 0.600. The zero-order valence-electron chi connectivity index (χ0n) is 15.5. The molecule has 0 saturated carbocycles. The van der Waals surface area contributed by atoms with Crippen LogP contribution in [0.5, 0.6) is 0 Å². The smallest absolute Gasteiger partial charge is 0.0486 e. The van der Waals surface area contributed by atoms with E-state index in [0.717, 1.165) is 26.1 Å². The molecule has 0 saturated heterocycles. The molecule has 1 unspecified atom stereocenters. The number of likely N-dealkylation sites (N-methyl/N-ethyl adjacent to an activating group) is 1. The van der Waals surface area contributed by atoms with E-state index in [9.17, 15) is 0 Å². The standard InChI is InChI=1S/C20H31N3/c1-7-21-14(4)8-18-15(5)22(6)20-10-17-12-23(13(2)3)11-16(17)9-19(18)20/h9-10,13-14,21H,7-8,11-12H2,1-6H3. The maximum absolute atomic E-state index is 3.55. The molecular formula is C20H31N3. The monoisotopic (exact) mass is 313 g/mol. The van der Waals surface area contributed by atoms with Crippen LogP contribution in [0.25, 0.3) is 10.9 Å². The number of rotatable bonds is 5. The number of benzene rings is 1. The zero-order chi connectivity index (χ0) is 16.7. The van der Waals surface area contributed by atoms with Crippen LogP contribution in [0, 0.1) is 6.92 Å². The normalized spacial score (nSPS) is 16.5. The van der Waals surface area contributed by atoms with E-state index in [0.29, 0.717) is 12.1 Å². The van der Waals surface area contributed by atoms with E-state index < -0.39 is 0 Å². The lowest BCUT2D eigenvalue weighted by atomic mass is 10.0. The third-order valence-electron chi connectivity index (χ3n) is 5.48. The highest BCUT2D eigenvalue weighted by atomic mass is 15.2. The largest absolute Gasteiger partial charge is 0.348 e. The van der Waals surface area contributed by atoms with Gasteiger partial charge in [0.15, 0.2) is 0 Å². The molecule has 1 N–H and O–H groups in total. The SMILES string of the molecule is CCNC(C)Cc1c(C)n(C)c2cc3c(cc12)CN(C(C)C)C3. The van der Waals surface area contributed by atoms with Gasteiger partial charge in [-0.25, -0.2) is 0 Å². The Labute approximate surface area is 140 Å². The van der Waals surface area contributed by atoms with Crippen molar-refractivity contribution in [2.75, 3.05) is 6.54 Å². The topological polar surface area (TPSA) is 20.2 Å². The van der Waals surface area contributed by atoms with Crippen LogP contribution in [0.1, 0.15) is 50.1 Å². The molecule has 0 amide bonds. The van der Waals surface area contributed by atoms with Gasteiger partial charge >= 0.3 is 0 Å². The van der Waals surface area contributed by atoms with Crippen LogP contribution in [0.2, 0.25) is 0 Å². The Bertz CT molecular complexity index is 711. The van der Waals surface area contributed by atoms with Crippen molar-refractivity contribution in [3.8, 4) is 0 Å². The highest BCUT2D eigenvalue weighted by molar-refractivity contribution is 5.87. The van der Waals surface area contributed by atoms with Gasteiger partial charge in [-0.1, -0.05) is 6.92 Å². The zero-order valence-corrected chi connectivity index (χ0v) is 15.5. The Morgan fingerprint density at radius 3 is 2.39 bits per heavy atom. The first-order valence-corrected chi connectivity index (χ1v) is 8.99. The first-order chi connectivity index (χ1) is 10.9. The predicted octanol–water partition coefficient (Wildman–Crippen LogP) is 3.75. The minimum atomic E-state index is 0.518. The Balaban J connectivity index is 2.02. The predicted molar refractivity (Wildman–Crippen MR) is 98.9 cm³/mol. The lowest BCUT2D eigenvalue weighted by Gasteiger charge is -2.18. The number of fused-ring (bicyclic) bond motifs is 2. The molecule has 1 aliphatic rings.